The van der Waals surface area contributed by atoms with E-state index in [4.69, 9.17) is 14.5 Å². The fraction of sp³-hybridized carbons (Fsp3) is 0.526. The lowest BCUT2D eigenvalue weighted by Crippen LogP contribution is -2.52. The average molecular weight is 344 g/mol. The standard InChI is InChI=1S/C19H24N2O2S/c1-2-6-16(7-3-1)23-13-19-20-15(14-24-19)12-21-10-11-22-18-9-5-4-8-17(18)21/h1-3,6-7,14,17-18H,4-5,8-13H2/t17-,18-/m0/s1. The molecule has 5 heteroatoms. The topological polar surface area (TPSA) is 34.6 Å². The van der Waals surface area contributed by atoms with Gasteiger partial charge in [-0.2, -0.15) is 0 Å². The molecule has 24 heavy (non-hydrogen) atoms. The van der Waals surface area contributed by atoms with Crippen molar-refractivity contribution in [2.45, 2.75) is 51.0 Å². The van der Waals surface area contributed by atoms with Crippen molar-refractivity contribution in [3.8, 4) is 5.75 Å². The molecule has 2 atom stereocenters. The maximum atomic E-state index is 5.96. The highest BCUT2D eigenvalue weighted by molar-refractivity contribution is 7.09. The largest absolute Gasteiger partial charge is 0.486 e. The van der Waals surface area contributed by atoms with Gasteiger partial charge in [-0.3, -0.25) is 4.90 Å². The van der Waals surface area contributed by atoms with E-state index in [-0.39, 0.29) is 0 Å². The Hall–Kier alpha value is -1.43. The van der Waals surface area contributed by atoms with Crippen LogP contribution >= 0.6 is 11.3 Å². The Kier molecular flexibility index (Phi) is 5.11. The molecule has 4 rings (SSSR count). The van der Waals surface area contributed by atoms with Crippen LogP contribution in [0.4, 0.5) is 0 Å². The van der Waals surface area contributed by atoms with Crippen LogP contribution in [0.5, 0.6) is 5.75 Å². The van der Waals surface area contributed by atoms with E-state index in [1.54, 1.807) is 11.3 Å². The summed E-state index contributed by atoms with van der Waals surface area (Å²) in [6.07, 6.45) is 5.56. The Morgan fingerprint density at radius 3 is 3.00 bits per heavy atom. The highest BCUT2D eigenvalue weighted by atomic mass is 32.1. The molecule has 0 radical (unpaired) electrons. The van der Waals surface area contributed by atoms with Crippen LogP contribution in [0.3, 0.4) is 0 Å². The lowest BCUT2D eigenvalue weighted by atomic mass is 9.90. The van der Waals surface area contributed by atoms with E-state index >= 15 is 0 Å². The lowest BCUT2D eigenvalue weighted by molar-refractivity contribution is -0.0914. The minimum Gasteiger partial charge on any atom is -0.486 e. The Morgan fingerprint density at radius 1 is 1.21 bits per heavy atom. The summed E-state index contributed by atoms with van der Waals surface area (Å²) in [6, 6.07) is 10.5. The Bertz CT molecular complexity index is 644. The second-order valence-electron chi connectivity index (χ2n) is 6.57. The molecule has 1 aliphatic carbocycles. The molecule has 0 bridgehead atoms. The molecule has 2 heterocycles. The van der Waals surface area contributed by atoms with Crippen molar-refractivity contribution in [2.75, 3.05) is 13.2 Å². The summed E-state index contributed by atoms with van der Waals surface area (Å²) in [5, 5.41) is 3.22. The van der Waals surface area contributed by atoms with Crippen LogP contribution in [0.1, 0.15) is 36.4 Å². The first-order valence-electron chi connectivity index (χ1n) is 8.85. The molecule has 1 saturated heterocycles. The van der Waals surface area contributed by atoms with Crippen LogP contribution in [-0.2, 0) is 17.9 Å². The minimum atomic E-state index is 0.437. The molecule has 2 fully saturated rings. The Morgan fingerprint density at radius 2 is 2.08 bits per heavy atom. The van der Waals surface area contributed by atoms with Gasteiger partial charge < -0.3 is 9.47 Å². The second-order valence-corrected chi connectivity index (χ2v) is 7.51. The number of benzene rings is 1. The summed E-state index contributed by atoms with van der Waals surface area (Å²) in [6.45, 7) is 3.36. The smallest absolute Gasteiger partial charge is 0.140 e. The lowest BCUT2D eigenvalue weighted by Gasteiger charge is -2.43. The number of ether oxygens (including phenoxy) is 2. The minimum absolute atomic E-state index is 0.437. The third kappa shape index (κ3) is 3.79. The van der Waals surface area contributed by atoms with E-state index in [0.29, 0.717) is 18.8 Å². The van der Waals surface area contributed by atoms with Crippen LogP contribution < -0.4 is 4.74 Å². The number of fused-ring (bicyclic) bond motifs is 1. The predicted octanol–water partition coefficient (Wildman–Crippen LogP) is 3.87. The molecule has 0 N–H and O–H groups in total. The van der Waals surface area contributed by atoms with Crippen molar-refractivity contribution < 1.29 is 9.47 Å². The Balaban J connectivity index is 1.34. The molecule has 1 aromatic heterocycles. The summed E-state index contributed by atoms with van der Waals surface area (Å²) in [4.78, 5) is 7.34. The zero-order valence-corrected chi connectivity index (χ0v) is 14.7. The number of nitrogens with zero attached hydrogens (tertiary/aromatic N) is 2. The third-order valence-corrected chi connectivity index (χ3v) is 5.79. The van der Waals surface area contributed by atoms with Crippen molar-refractivity contribution in [1.82, 2.24) is 9.88 Å². The van der Waals surface area contributed by atoms with Crippen molar-refractivity contribution in [1.29, 1.82) is 0 Å². The number of morpholine rings is 1. The summed E-state index contributed by atoms with van der Waals surface area (Å²) < 4.78 is 11.8. The van der Waals surface area contributed by atoms with Crippen molar-refractivity contribution in [3.63, 3.8) is 0 Å². The van der Waals surface area contributed by atoms with Crippen LogP contribution in [0.25, 0.3) is 0 Å². The van der Waals surface area contributed by atoms with E-state index in [0.717, 1.165) is 36.1 Å². The molecule has 1 saturated carbocycles. The van der Waals surface area contributed by atoms with Gasteiger partial charge in [-0.25, -0.2) is 4.98 Å². The first kappa shape index (κ1) is 16.1. The van der Waals surface area contributed by atoms with Gasteiger partial charge in [0.2, 0.25) is 0 Å². The van der Waals surface area contributed by atoms with Gasteiger partial charge in [0.1, 0.15) is 17.4 Å². The third-order valence-electron chi connectivity index (χ3n) is 4.92. The van der Waals surface area contributed by atoms with Crippen molar-refractivity contribution >= 4 is 11.3 Å². The van der Waals surface area contributed by atoms with Gasteiger partial charge in [-0.1, -0.05) is 31.0 Å². The van der Waals surface area contributed by atoms with Crippen LogP contribution in [0, 0.1) is 0 Å². The fourth-order valence-electron chi connectivity index (χ4n) is 3.73. The summed E-state index contributed by atoms with van der Waals surface area (Å²) in [5.41, 5.74) is 1.16. The van der Waals surface area contributed by atoms with E-state index in [1.165, 1.54) is 25.7 Å². The molecule has 128 valence electrons. The maximum absolute atomic E-state index is 5.96. The molecule has 1 aliphatic heterocycles. The van der Waals surface area contributed by atoms with Crippen molar-refractivity contribution in [2.24, 2.45) is 0 Å². The average Bonchev–Trinajstić information content (AvgIpc) is 3.09. The maximum Gasteiger partial charge on any atom is 0.140 e. The summed E-state index contributed by atoms with van der Waals surface area (Å²) >= 11 is 1.69. The second kappa shape index (κ2) is 7.64. The number of thiazole rings is 1. The Labute approximate surface area is 147 Å². The SMILES string of the molecule is c1ccc(OCc2nc(CN3CCO[C@H]4CCCC[C@@H]43)cs2)cc1. The summed E-state index contributed by atoms with van der Waals surface area (Å²) in [7, 11) is 0. The van der Waals surface area contributed by atoms with Gasteiger partial charge in [0, 0.05) is 24.5 Å². The molecule has 1 aromatic carbocycles. The number of hydrogen-bond donors (Lipinski definition) is 0. The van der Waals surface area contributed by atoms with Gasteiger partial charge in [-0.15, -0.1) is 11.3 Å². The van der Waals surface area contributed by atoms with Gasteiger partial charge in [0.15, 0.2) is 0 Å². The number of rotatable bonds is 5. The van der Waals surface area contributed by atoms with E-state index in [9.17, 15) is 0 Å². The van der Waals surface area contributed by atoms with Crippen LogP contribution in [0.15, 0.2) is 35.7 Å². The highest BCUT2D eigenvalue weighted by Crippen LogP contribution is 2.29. The molecule has 2 aliphatic rings. The molecule has 0 unspecified atom stereocenters. The number of para-hydroxylation sites is 1. The first-order valence-corrected chi connectivity index (χ1v) is 9.73. The van der Waals surface area contributed by atoms with E-state index < -0.39 is 0 Å². The van der Waals surface area contributed by atoms with Crippen molar-refractivity contribution in [3.05, 3.63) is 46.4 Å². The van der Waals surface area contributed by atoms with Gasteiger partial charge >= 0.3 is 0 Å². The quantitative estimate of drug-likeness (QED) is 0.825. The molecule has 0 amide bonds. The van der Waals surface area contributed by atoms with Crippen LogP contribution in [-0.4, -0.2) is 35.2 Å². The zero-order chi connectivity index (χ0) is 16.2. The molecule has 2 aromatic rings. The predicted molar refractivity (Wildman–Crippen MR) is 95.3 cm³/mol. The van der Waals surface area contributed by atoms with Gasteiger partial charge in [0.25, 0.3) is 0 Å². The normalized spacial score (nSPS) is 24.5. The zero-order valence-electron chi connectivity index (χ0n) is 13.9. The molecular formula is C19H24N2O2S. The number of aromatic nitrogens is 1. The van der Waals surface area contributed by atoms with Gasteiger partial charge in [-0.05, 0) is 25.0 Å². The molecule has 0 spiro atoms. The summed E-state index contributed by atoms with van der Waals surface area (Å²) in [5.74, 6) is 0.896. The molecular weight excluding hydrogens is 320 g/mol. The van der Waals surface area contributed by atoms with E-state index in [2.05, 4.69) is 10.3 Å². The highest BCUT2D eigenvalue weighted by Gasteiger charge is 2.34. The number of hydrogen-bond acceptors (Lipinski definition) is 5. The monoisotopic (exact) mass is 344 g/mol. The molecule has 4 nitrogen and oxygen atoms in total. The first-order chi connectivity index (χ1) is 11.9. The fourth-order valence-corrected chi connectivity index (χ4v) is 4.43. The van der Waals surface area contributed by atoms with Crippen LogP contribution in [0.2, 0.25) is 0 Å². The van der Waals surface area contributed by atoms with Gasteiger partial charge in [0.05, 0.1) is 18.4 Å². The van der Waals surface area contributed by atoms with E-state index in [1.807, 2.05) is 30.3 Å².